The van der Waals surface area contributed by atoms with E-state index >= 15 is 0 Å². The average molecular weight is 326 g/mol. The summed E-state index contributed by atoms with van der Waals surface area (Å²) in [6.07, 6.45) is 3.15. The summed E-state index contributed by atoms with van der Waals surface area (Å²) in [5.74, 6) is 0.364. The maximum absolute atomic E-state index is 11.2. The van der Waals surface area contributed by atoms with Gasteiger partial charge in [0, 0.05) is 24.9 Å². The van der Waals surface area contributed by atoms with E-state index in [1.54, 1.807) is 35.8 Å². The van der Waals surface area contributed by atoms with Crippen LogP contribution in [0.2, 0.25) is 0 Å². The number of hydrogen-bond acceptors (Lipinski definition) is 5. The summed E-state index contributed by atoms with van der Waals surface area (Å²) in [4.78, 5) is 26.0. The molecule has 0 saturated heterocycles. The number of fused-ring (bicyclic) bond motifs is 1. The number of imidazole rings is 1. The molecule has 0 spiro atoms. The Morgan fingerprint density at radius 2 is 2.00 bits per heavy atom. The van der Waals surface area contributed by atoms with Crippen LogP contribution in [0.1, 0.15) is 0 Å². The fourth-order valence-corrected chi connectivity index (χ4v) is 2.17. The predicted molar refractivity (Wildman–Crippen MR) is 86.8 cm³/mol. The van der Waals surface area contributed by atoms with Crippen molar-refractivity contribution in [2.24, 2.45) is 0 Å². The molecule has 24 heavy (non-hydrogen) atoms. The molecule has 0 radical (unpaired) electrons. The van der Waals surface area contributed by atoms with Gasteiger partial charge in [-0.25, -0.2) is 4.98 Å². The van der Waals surface area contributed by atoms with Crippen LogP contribution in [0.5, 0.6) is 5.75 Å². The number of aromatic nitrogens is 2. The smallest absolute Gasteiger partial charge is 0.286 e. The zero-order chi connectivity index (χ0) is 17.1. The van der Waals surface area contributed by atoms with E-state index in [0.29, 0.717) is 17.1 Å². The normalized spacial score (nSPS) is 10.5. The van der Waals surface area contributed by atoms with Crippen LogP contribution in [0.4, 0.5) is 5.69 Å². The minimum atomic E-state index is -0.447. The second kappa shape index (κ2) is 6.37. The van der Waals surface area contributed by atoms with Crippen molar-refractivity contribution >= 4 is 17.2 Å². The van der Waals surface area contributed by atoms with Gasteiger partial charge in [0.2, 0.25) is 0 Å². The zero-order valence-corrected chi connectivity index (χ0v) is 12.8. The van der Waals surface area contributed by atoms with Crippen molar-refractivity contribution in [1.29, 1.82) is 0 Å². The lowest BCUT2D eigenvalue weighted by Gasteiger charge is -2.05. The molecule has 0 bridgehead atoms. The number of nitrogens with one attached hydrogen (secondary N) is 1. The van der Waals surface area contributed by atoms with Crippen molar-refractivity contribution in [1.82, 2.24) is 14.7 Å². The molecule has 0 atom stereocenters. The van der Waals surface area contributed by atoms with Crippen LogP contribution in [0, 0.1) is 10.1 Å². The highest BCUT2D eigenvalue weighted by molar-refractivity contribution is 5.77. The molecule has 1 amide bonds. The van der Waals surface area contributed by atoms with Crippen LogP contribution in [-0.2, 0) is 4.79 Å². The third kappa shape index (κ3) is 3.17. The molecule has 0 saturated carbocycles. The summed E-state index contributed by atoms with van der Waals surface area (Å²) in [7, 11) is 1.54. The van der Waals surface area contributed by atoms with Crippen molar-refractivity contribution in [2.75, 3.05) is 13.7 Å². The number of nitro groups is 1. The third-order valence-electron chi connectivity index (χ3n) is 3.45. The quantitative estimate of drug-likeness (QED) is 0.571. The molecule has 0 aliphatic rings. The van der Waals surface area contributed by atoms with Gasteiger partial charge in [-0.3, -0.25) is 19.3 Å². The molecular weight excluding hydrogens is 312 g/mol. The SMILES string of the molecule is CNC(=O)COc1ccc(-c2cn3cc([N+](=O)[O-])ccc3n2)cc1. The van der Waals surface area contributed by atoms with Gasteiger partial charge in [0.25, 0.3) is 11.6 Å². The molecule has 3 rings (SSSR count). The van der Waals surface area contributed by atoms with Gasteiger partial charge in [0.15, 0.2) is 6.61 Å². The lowest BCUT2D eigenvalue weighted by molar-refractivity contribution is -0.385. The molecule has 1 aromatic carbocycles. The highest BCUT2D eigenvalue weighted by atomic mass is 16.6. The minimum Gasteiger partial charge on any atom is -0.484 e. The van der Waals surface area contributed by atoms with Crippen molar-refractivity contribution in [2.45, 2.75) is 0 Å². The van der Waals surface area contributed by atoms with Crippen LogP contribution in [0.15, 0.2) is 48.8 Å². The molecule has 8 nitrogen and oxygen atoms in total. The number of rotatable bonds is 5. The Morgan fingerprint density at radius 1 is 1.25 bits per heavy atom. The Labute approximate surface area is 136 Å². The van der Waals surface area contributed by atoms with E-state index in [-0.39, 0.29) is 18.2 Å². The molecule has 0 aliphatic carbocycles. The van der Waals surface area contributed by atoms with Crippen molar-refractivity contribution < 1.29 is 14.5 Å². The first kappa shape index (κ1) is 15.5. The van der Waals surface area contributed by atoms with Gasteiger partial charge in [-0.15, -0.1) is 0 Å². The molecule has 3 aromatic rings. The minimum absolute atomic E-state index is 0.00407. The highest BCUT2D eigenvalue weighted by Crippen LogP contribution is 2.23. The van der Waals surface area contributed by atoms with E-state index in [1.165, 1.54) is 12.3 Å². The number of benzene rings is 1. The van der Waals surface area contributed by atoms with E-state index in [1.807, 2.05) is 12.1 Å². The van der Waals surface area contributed by atoms with Crippen molar-refractivity contribution in [3.63, 3.8) is 0 Å². The van der Waals surface area contributed by atoms with Gasteiger partial charge in [-0.1, -0.05) is 0 Å². The molecular formula is C16H14N4O4. The fourth-order valence-electron chi connectivity index (χ4n) is 2.17. The second-order valence-electron chi connectivity index (χ2n) is 5.02. The number of nitrogens with zero attached hydrogens (tertiary/aromatic N) is 3. The fraction of sp³-hybridized carbons (Fsp3) is 0.125. The van der Waals surface area contributed by atoms with Crippen LogP contribution in [-0.4, -0.2) is 33.9 Å². The first-order chi connectivity index (χ1) is 11.6. The van der Waals surface area contributed by atoms with Crippen LogP contribution in [0.3, 0.4) is 0 Å². The summed E-state index contributed by atoms with van der Waals surface area (Å²) >= 11 is 0. The highest BCUT2D eigenvalue weighted by Gasteiger charge is 2.10. The Kier molecular flexibility index (Phi) is 4.11. The second-order valence-corrected chi connectivity index (χ2v) is 5.02. The average Bonchev–Trinajstić information content (AvgIpc) is 3.03. The topological polar surface area (TPSA) is 98.8 Å². The summed E-state index contributed by atoms with van der Waals surface area (Å²) in [5.41, 5.74) is 2.15. The zero-order valence-electron chi connectivity index (χ0n) is 12.8. The van der Waals surface area contributed by atoms with E-state index in [0.717, 1.165) is 5.56 Å². The van der Waals surface area contributed by atoms with E-state index < -0.39 is 4.92 Å². The summed E-state index contributed by atoms with van der Waals surface area (Å²) in [5, 5.41) is 13.3. The van der Waals surface area contributed by atoms with E-state index in [9.17, 15) is 14.9 Å². The number of hydrogen-bond donors (Lipinski definition) is 1. The Morgan fingerprint density at radius 3 is 2.67 bits per heavy atom. The summed E-state index contributed by atoms with van der Waals surface area (Å²) in [6.45, 7) is -0.0477. The predicted octanol–water partition coefficient (Wildman–Crippen LogP) is 2.03. The molecule has 122 valence electrons. The Hall–Kier alpha value is -3.42. The Balaban J connectivity index is 1.82. The molecule has 2 heterocycles. The number of ether oxygens (including phenoxy) is 1. The number of carbonyl (C=O) groups is 1. The summed E-state index contributed by atoms with van der Waals surface area (Å²) < 4.78 is 6.95. The lowest BCUT2D eigenvalue weighted by Crippen LogP contribution is -2.24. The molecule has 1 N–H and O–H groups in total. The van der Waals surface area contributed by atoms with Crippen molar-refractivity contribution in [3.05, 3.63) is 58.9 Å². The first-order valence-electron chi connectivity index (χ1n) is 7.14. The van der Waals surface area contributed by atoms with E-state index in [2.05, 4.69) is 10.3 Å². The number of carbonyl (C=O) groups excluding carboxylic acids is 1. The van der Waals surface area contributed by atoms with Gasteiger partial charge in [0.05, 0.1) is 16.8 Å². The standard InChI is InChI=1S/C16H14N4O4/c1-17-16(21)10-24-13-5-2-11(3-6-13)14-9-19-8-12(20(22)23)4-7-15(19)18-14/h2-9H,10H2,1H3,(H,17,21). The van der Waals surface area contributed by atoms with Crippen LogP contribution < -0.4 is 10.1 Å². The number of likely N-dealkylation sites (N-methyl/N-ethyl adjacent to an activating group) is 1. The van der Waals surface area contributed by atoms with Gasteiger partial charge < -0.3 is 10.1 Å². The maximum atomic E-state index is 11.2. The first-order valence-corrected chi connectivity index (χ1v) is 7.14. The van der Waals surface area contributed by atoms with Gasteiger partial charge >= 0.3 is 0 Å². The van der Waals surface area contributed by atoms with Crippen molar-refractivity contribution in [3.8, 4) is 17.0 Å². The molecule has 2 aromatic heterocycles. The van der Waals surface area contributed by atoms with Gasteiger partial charge in [0.1, 0.15) is 11.4 Å². The molecule has 0 unspecified atom stereocenters. The molecule has 8 heteroatoms. The van der Waals surface area contributed by atoms with E-state index in [4.69, 9.17) is 4.74 Å². The lowest BCUT2D eigenvalue weighted by atomic mass is 10.2. The van der Waals surface area contributed by atoms with Crippen LogP contribution in [0.25, 0.3) is 16.9 Å². The monoisotopic (exact) mass is 326 g/mol. The van der Waals surface area contributed by atoms with Gasteiger partial charge in [-0.05, 0) is 30.3 Å². The number of pyridine rings is 1. The largest absolute Gasteiger partial charge is 0.484 e. The summed E-state index contributed by atoms with van der Waals surface area (Å²) in [6, 6.07) is 10.1. The maximum Gasteiger partial charge on any atom is 0.286 e. The van der Waals surface area contributed by atoms with Crippen LogP contribution >= 0.6 is 0 Å². The Bertz CT molecular complexity index is 902. The molecule has 0 fully saturated rings. The molecule has 0 aliphatic heterocycles. The number of amides is 1. The third-order valence-corrected chi connectivity index (χ3v) is 3.45. The van der Waals surface area contributed by atoms with Gasteiger partial charge in [-0.2, -0.15) is 0 Å².